The van der Waals surface area contributed by atoms with Crippen LogP contribution in [0.2, 0.25) is 5.02 Å². The van der Waals surface area contributed by atoms with Gasteiger partial charge in [-0.05, 0) is 24.5 Å². The van der Waals surface area contributed by atoms with Gasteiger partial charge >= 0.3 is 0 Å². The summed E-state index contributed by atoms with van der Waals surface area (Å²) in [4.78, 5) is 6.54. The first-order chi connectivity index (χ1) is 6.81. The lowest BCUT2D eigenvalue weighted by Crippen LogP contribution is -2.47. The number of hydrogen-bond acceptors (Lipinski definition) is 2. The Morgan fingerprint density at radius 1 is 1.57 bits per heavy atom. The van der Waals surface area contributed by atoms with Gasteiger partial charge < -0.3 is 4.90 Å². The van der Waals surface area contributed by atoms with Crippen LogP contribution in [-0.4, -0.2) is 18.1 Å². The molecular weight excluding hydrogens is 196 g/mol. The van der Waals surface area contributed by atoms with Crippen LogP contribution in [0.5, 0.6) is 0 Å². The molecule has 0 amide bonds. The molecule has 0 aromatic carbocycles. The second-order valence-electron chi connectivity index (χ2n) is 3.87. The maximum Gasteiger partial charge on any atom is 0.147 e. The van der Waals surface area contributed by atoms with Gasteiger partial charge in [-0.25, -0.2) is 4.98 Å². The van der Waals surface area contributed by atoms with Crippen molar-refractivity contribution in [2.75, 3.05) is 18.0 Å². The van der Waals surface area contributed by atoms with Crippen LogP contribution in [0.1, 0.15) is 19.8 Å². The number of hydrogen-bond donors (Lipinski definition) is 0. The molecule has 0 aliphatic carbocycles. The van der Waals surface area contributed by atoms with Crippen LogP contribution in [0.4, 0.5) is 5.82 Å². The third kappa shape index (κ3) is 1.85. The monoisotopic (exact) mass is 210 g/mol. The van der Waals surface area contributed by atoms with Gasteiger partial charge in [0.15, 0.2) is 0 Å². The highest BCUT2D eigenvalue weighted by Gasteiger charge is 2.27. The predicted molar refractivity (Wildman–Crippen MR) is 59.9 cm³/mol. The van der Waals surface area contributed by atoms with Crippen LogP contribution in [0.15, 0.2) is 18.3 Å². The van der Waals surface area contributed by atoms with Crippen LogP contribution < -0.4 is 4.90 Å². The van der Waals surface area contributed by atoms with E-state index in [9.17, 15) is 0 Å². The molecule has 0 atom stereocenters. The minimum atomic E-state index is 0.766. The summed E-state index contributed by atoms with van der Waals surface area (Å²) in [6.45, 7) is 4.46. The number of anilines is 1. The molecule has 1 aromatic rings. The second kappa shape index (κ2) is 4.18. The fraction of sp³-hybridized carbons (Fsp3) is 0.545. The summed E-state index contributed by atoms with van der Waals surface area (Å²) in [5.74, 6) is 1.79. The molecule has 14 heavy (non-hydrogen) atoms. The minimum Gasteiger partial charge on any atom is -0.355 e. The van der Waals surface area contributed by atoms with E-state index in [1.54, 1.807) is 6.20 Å². The molecule has 1 aliphatic rings. The van der Waals surface area contributed by atoms with Crippen LogP contribution in [-0.2, 0) is 0 Å². The van der Waals surface area contributed by atoms with Gasteiger partial charge in [0.2, 0.25) is 0 Å². The number of pyridine rings is 1. The Balaban J connectivity index is 1.96. The SMILES string of the molecule is CCCC1CN(c2ncccc2Cl)C1. The highest BCUT2D eigenvalue weighted by atomic mass is 35.5. The lowest BCUT2D eigenvalue weighted by Gasteiger charge is -2.40. The largest absolute Gasteiger partial charge is 0.355 e. The van der Waals surface area contributed by atoms with E-state index in [1.165, 1.54) is 12.8 Å². The molecular formula is C11H15ClN2. The Morgan fingerprint density at radius 2 is 2.36 bits per heavy atom. The molecule has 1 fully saturated rings. The van der Waals surface area contributed by atoms with E-state index in [0.29, 0.717) is 0 Å². The topological polar surface area (TPSA) is 16.1 Å². The fourth-order valence-electron chi connectivity index (χ4n) is 1.94. The van der Waals surface area contributed by atoms with Crippen molar-refractivity contribution in [3.8, 4) is 0 Å². The van der Waals surface area contributed by atoms with Gasteiger partial charge in [-0.3, -0.25) is 0 Å². The van der Waals surface area contributed by atoms with Gasteiger partial charge in [0.05, 0.1) is 5.02 Å². The summed E-state index contributed by atoms with van der Waals surface area (Å²) in [5.41, 5.74) is 0. The first kappa shape index (κ1) is 9.78. The lowest BCUT2D eigenvalue weighted by molar-refractivity contribution is 0.378. The van der Waals surface area contributed by atoms with Crippen LogP contribution >= 0.6 is 11.6 Å². The van der Waals surface area contributed by atoms with Crippen molar-refractivity contribution in [1.82, 2.24) is 4.98 Å². The molecule has 1 aliphatic heterocycles. The fourth-order valence-corrected chi connectivity index (χ4v) is 2.18. The number of rotatable bonds is 3. The first-order valence-corrected chi connectivity index (χ1v) is 5.54. The lowest BCUT2D eigenvalue weighted by atomic mass is 9.95. The maximum atomic E-state index is 6.05. The third-order valence-electron chi connectivity index (χ3n) is 2.69. The molecule has 0 bridgehead atoms. The van der Waals surface area contributed by atoms with Crippen molar-refractivity contribution in [2.24, 2.45) is 5.92 Å². The van der Waals surface area contributed by atoms with Gasteiger partial charge in [-0.15, -0.1) is 0 Å². The van der Waals surface area contributed by atoms with E-state index in [-0.39, 0.29) is 0 Å². The molecule has 2 rings (SSSR count). The molecule has 0 radical (unpaired) electrons. The van der Waals surface area contributed by atoms with Crippen molar-refractivity contribution in [3.63, 3.8) is 0 Å². The summed E-state index contributed by atoms with van der Waals surface area (Å²) in [6, 6.07) is 3.77. The van der Waals surface area contributed by atoms with Crippen molar-refractivity contribution in [3.05, 3.63) is 23.4 Å². The Hall–Kier alpha value is -0.760. The zero-order valence-electron chi connectivity index (χ0n) is 8.41. The summed E-state index contributed by atoms with van der Waals surface area (Å²) in [5, 5.41) is 0.766. The third-order valence-corrected chi connectivity index (χ3v) is 2.99. The zero-order chi connectivity index (χ0) is 9.97. The summed E-state index contributed by atoms with van der Waals surface area (Å²) < 4.78 is 0. The van der Waals surface area contributed by atoms with Gasteiger partial charge in [0.1, 0.15) is 5.82 Å². The summed E-state index contributed by atoms with van der Waals surface area (Å²) in [6.07, 6.45) is 4.39. The van der Waals surface area contributed by atoms with Crippen LogP contribution in [0, 0.1) is 5.92 Å². The average Bonchev–Trinajstić information content (AvgIpc) is 2.12. The van der Waals surface area contributed by atoms with Crippen molar-refractivity contribution < 1.29 is 0 Å². The Morgan fingerprint density at radius 3 is 3.00 bits per heavy atom. The van der Waals surface area contributed by atoms with E-state index in [2.05, 4.69) is 16.8 Å². The molecule has 1 aromatic heterocycles. The zero-order valence-corrected chi connectivity index (χ0v) is 9.17. The van der Waals surface area contributed by atoms with Crippen LogP contribution in [0.25, 0.3) is 0 Å². The highest BCUT2D eigenvalue weighted by molar-refractivity contribution is 6.32. The molecule has 0 saturated carbocycles. The molecule has 76 valence electrons. The van der Waals surface area contributed by atoms with Gasteiger partial charge in [0, 0.05) is 19.3 Å². The maximum absolute atomic E-state index is 6.05. The molecule has 2 heterocycles. The quantitative estimate of drug-likeness (QED) is 0.763. The molecule has 2 nitrogen and oxygen atoms in total. The Kier molecular flexibility index (Phi) is 2.92. The van der Waals surface area contributed by atoms with Crippen molar-refractivity contribution in [2.45, 2.75) is 19.8 Å². The van der Waals surface area contributed by atoms with E-state index in [0.717, 1.165) is 29.8 Å². The molecule has 0 spiro atoms. The standard InChI is InChI=1S/C11H15ClN2/c1-2-4-9-7-14(8-9)11-10(12)5-3-6-13-11/h3,5-6,9H,2,4,7-8H2,1H3. The predicted octanol–water partition coefficient (Wildman–Crippen LogP) is 2.97. The first-order valence-electron chi connectivity index (χ1n) is 5.16. The van der Waals surface area contributed by atoms with E-state index >= 15 is 0 Å². The number of nitrogens with zero attached hydrogens (tertiary/aromatic N) is 2. The van der Waals surface area contributed by atoms with E-state index < -0.39 is 0 Å². The Labute approximate surface area is 89.9 Å². The molecule has 3 heteroatoms. The summed E-state index contributed by atoms with van der Waals surface area (Å²) >= 11 is 6.05. The van der Waals surface area contributed by atoms with Gasteiger partial charge in [0.25, 0.3) is 0 Å². The number of halogens is 1. The second-order valence-corrected chi connectivity index (χ2v) is 4.28. The molecule has 0 unspecified atom stereocenters. The average molecular weight is 211 g/mol. The van der Waals surface area contributed by atoms with E-state index in [4.69, 9.17) is 11.6 Å². The van der Waals surface area contributed by atoms with Crippen LogP contribution in [0.3, 0.4) is 0 Å². The normalized spacial score (nSPS) is 16.9. The molecule has 1 saturated heterocycles. The van der Waals surface area contributed by atoms with Gasteiger partial charge in [-0.2, -0.15) is 0 Å². The number of aromatic nitrogens is 1. The Bertz CT molecular complexity index is 308. The minimum absolute atomic E-state index is 0.766. The smallest absolute Gasteiger partial charge is 0.147 e. The van der Waals surface area contributed by atoms with Gasteiger partial charge in [-0.1, -0.05) is 24.9 Å². The van der Waals surface area contributed by atoms with E-state index in [1.807, 2.05) is 12.1 Å². The highest BCUT2D eigenvalue weighted by Crippen LogP contribution is 2.30. The molecule has 0 N–H and O–H groups in total. The summed E-state index contributed by atoms with van der Waals surface area (Å²) in [7, 11) is 0. The van der Waals surface area contributed by atoms with Crippen molar-refractivity contribution in [1.29, 1.82) is 0 Å². The van der Waals surface area contributed by atoms with Crippen molar-refractivity contribution >= 4 is 17.4 Å².